The van der Waals surface area contributed by atoms with Gasteiger partial charge in [0.25, 0.3) is 0 Å². The molecular weight excluding hydrogens is 422 g/mol. The van der Waals surface area contributed by atoms with Crippen LogP contribution in [0.3, 0.4) is 0 Å². The van der Waals surface area contributed by atoms with E-state index in [1.54, 1.807) is 21.5 Å². The van der Waals surface area contributed by atoms with E-state index in [1.807, 2.05) is 50.4 Å². The van der Waals surface area contributed by atoms with Gasteiger partial charge in [-0.15, -0.1) is 5.10 Å². The number of aromatic nitrogens is 3. The average molecular weight is 458 g/mol. The molecule has 9 nitrogen and oxygen atoms in total. The largest absolute Gasteiger partial charge is 0.394 e. The van der Waals surface area contributed by atoms with Gasteiger partial charge < -0.3 is 19.6 Å². The van der Waals surface area contributed by atoms with E-state index in [-0.39, 0.29) is 43.1 Å². The van der Waals surface area contributed by atoms with Gasteiger partial charge in [-0.05, 0) is 18.9 Å². The number of benzene rings is 1. The SMILES string of the molecule is C[C@H]1CN([C@@H](C)CO)C(=O)CCCn2cc(nn2)CO[C@H]1CN(C)C(=O)Cc1ccccc1. The molecule has 0 saturated carbocycles. The maximum atomic E-state index is 12.9. The molecule has 1 aliphatic rings. The second-order valence-electron chi connectivity index (χ2n) is 8.92. The number of nitrogens with zero attached hydrogens (tertiary/aromatic N) is 5. The Morgan fingerprint density at radius 2 is 2.09 bits per heavy atom. The van der Waals surface area contributed by atoms with Crippen molar-refractivity contribution in [1.29, 1.82) is 0 Å². The molecule has 3 rings (SSSR count). The lowest BCUT2D eigenvalue weighted by Crippen LogP contribution is -2.47. The Morgan fingerprint density at radius 1 is 1.33 bits per heavy atom. The number of likely N-dealkylation sites (N-methyl/N-ethyl adjacent to an activating group) is 1. The average Bonchev–Trinajstić information content (AvgIpc) is 3.27. The molecule has 1 aromatic carbocycles. The van der Waals surface area contributed by atoms with Crippen molar-refractivity contribution in [2.24, 2.45) is 5.92 Å². The van der Waals surface area contributed by atoms with Gasteiger partial charge in [-0.1, -0.05) is 42.5 Å². The number of aliphatic hydroxyl groups excluding tert-OH is 1. The van der Waals surface area contributed by atoms with E-state index >= 15 is 0 Å². The Kier molecular flexibility index (Phi) is 8.96. The summed E-state index contributed by atoms with van der Waals surface area (Å²) in [6.07, 6.45) is 2.85. The summed E-state index contributed by atoms with van der Waals surface area (Å²) in [4.78, 5) is 29.2. The first kappa shape index (κ1) is 24.9. The molecular formula is C24H35N5O4. The van der Waals surface area contributed by atoms with Crippen LogP contribution in [-0.4, -0.2) is 80.6 Å². The van der Waals surface area contributed by atoms with Crippen molar-refractivity contribution in [2.75, 3.05) is 26.7 Å². The highest BCUT2D eigenvalue weighted by atomic mass is 16.5. The molecule has 1 aromatic heterocycles. The molecule has 0 aliphatic carbocycles. The van der Waals surface area contributed by atoms with E-state index in [0.29, 0.717) is 38.9 Å². The minimum atomic E-state index is -0.318. The molecule has 2 aromatic rings. The van der Waals surface area contributed by atoms with E-state index in [0.717, 1.165) is 11.3 Å². The molecule has 1 N–H and O–H groups in total. The lowest BCUT2D eigenvalue weighted by molar-refractivity contribution is -0.138. The topological polar surface area (TPSA) is 101 Å². The maximum Gasteiger partial charge on any atom is 0.226 e. The number of fused-ring (bicyclic) bond motifs is 2. The third-order valence-corrected chi connectivity index (χ3v) is 6.12. The van der Waals surface area contributed by atoms with Gasteiger partial charge in [-0.3, -0.25) is 14.3 Å². The van der Waals surface area contributed by atoms with Crippen molar-refractivity contribution in [3.8, 4) is 0 Å². The number of rotatable bonds is 6. The summed E-state index contributed by atoms with van der Waals surface area (Å²) in [5.41, 5.74) is 1.68. The summed E-state index contributed by atoms with van der Waals surface area (Å²) >= 11 is 0. The highest BCUT2D eigenvalue weighted by molar-refractivity contribution is 5.78. The number of amides is 2. The van der Waals surface area contributed by atoms with Gasteiger partial charge in [-0.25, -0.2) is 0 Å². The van der Waals surface area contributed by atoms with E-state index in [4.69, 9.17) is 4.74 Å². The zero-order valence-corrected chi connectivity index (χ0v) is 19.8. The van der Waals surface area contributed by atoms with Gasteiger partial charge in [0.05, 0.1) is 38.0 Å². The van der Waals surface area contributed by atoms with Crippen LogP contribution in [0.5, 0.6) is 0 Å². The number of aryl methyl sites for hydroxylation is 1. The van der Waals surface area contributed by atoms with Crippen molar-refractivity contribution in [1.82, 2.24) is 24.8 Å². The first-order valence-corrected chi connectivity index (χ1v) is 11.6. The minimum Gasteiger partial charge on any atom is -0.394 e. The monoisotopic (exact) mass is 457 g/mol. The number of aliphatic hydroxyl groups is 1. The van der Waals surface area contributed by atoms with Crippen LogP contribution < -0.4 is 0 Å². The normalized spacial score (nSPS) is 21.0. The summed E-state index contributed by atoms with van der Waals surface area (Å²) in [5.74, 6) is -0.0662. The Bertz CT molecular complexity index is 903. The second kappa shape index (κ2) is 11.9. The van der Waals surface area contributed by atoms with Gasteiger partial charge in [0.2, 0.25) is 11.8 Å². The van der Waals surface area contributed by atoms with Crippen LogP contribution in [0, 0.1) is 5.92 Å². The Morgan fingerprint density at radius 3 is 2.82 bits per heavy atom. The molecule has 180 valence electrons. The Balaban J connectivity index is 1.75. The molecule has 2 bridgehead atoms. The summed E-state index contributed by atoms with van der Waals surface area (Å²) in [6.45, 7) is 5.45. The molecule has 9 heteroatoms. The van der Waals surface area contributed by atoms with Gasteiger partial charge in [0.1, 0.15) is 5.69 Å². The molecule has 2 heterocycles. The predicted molar refractivity (Wildman–Crippen MR) is 123 cm³/mol. The Labute approximate surface area is 195 Å². The number of hydrogen-bond donors (Lipinski definition) is 1. The minimum absolute atomic E-state index is 0.00233. The molecule has 0 saturated heterocycles. The fraction of sp³-hybridized carbons (Fsp3) is 0.583. The van der Waals surface area contributed by atoms with Gasteiger partial charge in [0.15, 0.2) is 0 Å². The molecule has 33 heavy (non-hydrogen) atoms. The van der Waals surface area contributed by atoms with Gasteiger partial charge in [0, 0.05) is 39.0 Å². The molecule has 3 atom stereocenters. The highest BCUT2D eigenvalue weighted by Crippen LogP contribution is 2.18. The number of carbonyl (C=O) groups is 2. The van der Waals surface area contributed by atoms with Crippen LogP contribution in [0.1, 0.15) is 37.9 Å². The number of hydrogen-bond acceptors (Lipinski definition) is 6. The second-order valence-corrected chi connectivity index (χ2v) is 8.92. The first-order chi connectivity index (χ1) is 15.9. The van der Waals surface area contributed by atoms with Gasteiger partial charge >= 0.3 is 0 Å². The molecule has 0 fully saturated rings. The maximum absolute atomic E-state index is 12.9. The van der Waals surface area contributed by atoms with Crippen LogP contribution in [-0.2, 0) is 33.9 Å². The fourth-order valence-corrected chi connectivity index (χ4v) is 3.97. The van der Waals surface area contributed by atoms with Crippen molar-refractivity contribution in [3.63, 3.8) is 0 Å². The van der Waals surface area contributed by atoms with Crippen molar-refractivity contribution in [3.05, 3.63) is 47.8 Å². The van der Waals surface area contributed by atoms with E-state index < -0.39 is 0 Å². The van der Waals surface area contributed by atoms with Crippen LogP contribution in [0.4, 0.5) is 0 Å². The van der Waals surface area contributed by atoms with Crippen molar-refractivity contribution < 1.29 is 19.4 Å². The van der Waals surface area contributed by atoms with Crippen LogP contribution in [0.2, 0.25) is 0 Å². The zero-order valence-electron chi connectivity index (χ0n) is 19.8. The van der Waals surface area contributed by atoms with Crippen LogP contribution in [0.25, 0.3) is 0 Å². The first-order valence-electron chi connectivity index (χ1n) is 11.6. The lowest BCUT2D eigenvalue weighted by atomic mass is 10.0. The zero-order chi connectivity index (χ0) is 23.8. The molecule has 0 spiro atoms. The third-order valence-electron chi connectivity index (χ3n) is 6.12. The summed E-state index contributed by atoms with van der Waals surface area (Å²) in [6, 6.07) is 9.35. The van der Waals surface area contributed by atoms with Gasteiger partial charge in [-0.2, -0.15) is 0 Å². The quantitative estimate of drug-likeness (QED) is 0.706. The lowest BCUT2D eigenvalue weighted by Gasteiger charge is -2.35. The molecule has 0 radical (unpaired) electrons. The third kappa shape index (κ3) is 7.10. The highest BCUT2D eigenvalue weighted by Gasteiger charge is 2.28. The smallest absolute Gasteiger partial charge is 0.226 e. The standard InChI is InChI=1S/C24H35N5O4/c1-18-13-29(19(2)16-30)23(31)10-7-11-28-14-21(25-26-28)17-33-22(18)15-27(3)24(32)12-20-8-5-4-6-9-20/h4-6,8-9,14,18-19,22,30H,7,10-13,15-17H2,1-3H3/t18-,19-,22-/m0/s1. The molecule has 2 amide bonds. The number of carbonyl (C=O) groups excluding carboxylic acids is 2. The van der Waals surface area contributed by atoms with E-state index in [9.17, 15) is 14.7 Å². The van der Waals surface area contributed by atoms with Crippen LogP contribution in [0.15, 0.2) is 36.5 Å². The summed E-state index contributed by atoms with van der Waals surface area (Å²) in [7, 11) is 1.78. The van der Waals surface area contributed by atoms with E-state index in [2.05, 4.69) is 10.3 Å². The molecule has 1 aliphatic heterocycles. The number of ether oxygens (including phenoxy) is 1. The summed E-state index contributed by atoms with van der Waals surface area (Å²) in [5, 5.41) is 18.0. The fourth-order valence-electron chi connectivity index (χ4n) is 3.97. The predicted octanol–water partition coefficient (Wildman–Crippen LogP) is 1.50. The van der Waals surface area contributed by atoms with E-state index in [1.165, 1.54) is 0 Å². The van der Waals surface area contributed by atoms with Crippen molar-refractivity contribution >= 4 is 11.8 Å². The van der Waals surface area contributed by atoms with Crippen molar-refractivity contribution in [2.45, 2.75) is 58.4 Å². The molecule has 0 unspecified atom stereocenters. The Hall–Kier alpha value is -2.78. The summed E-state index contributed by atoms with van der Waals surface area (Å²) < 4.78 is 7.94. The van der Waals surface area contributed by atoms with Crippen LogP contribution >= 0.6 is 0 Å².